The van der Waals surface area contributed by atoms with Crippen molar-refractivity contribution in [1.82, 2.24) is 10.6 Å². The number of hydrogen-bond donors (Lipinski definition) is 2. The maximum atomic E-state index is 12.2. The highest BCUT2D eigenvalue weighted by molar-refractivity contribution is 5.79. The smallest absolute Gasteiger partial charge is 0.390 e. The van der Waals surface area contributed by atoms with E-state index in [9.17, 15) is 13.2 Å². The number of hydrogen-bond acceptors (Lipinski definition) is 4. The van der Waals surface area contributed by atoms with Crippen molar-refractivity contribution >= 4 is 5.96 Å². The maximum Gasteiger partial charge on any atom is 0.390 e. The van der Waals surface area contributed by atoms with Crippen LogP contribution in [0.2, 0.25) is 0 Å². The van der Waals surface area contributed by atoms with E-state index in [2.05, 4.69) is 15.6 Å². The molecule has 0 atom stereocenters. The van der Waals surface area contributed by atoms with Gasteiger partial charge in [-0.2, -0.15) is 13.2 Å². The van der Waals surface area contributed by atoms with Crippen molar-refractivity contribution in [2.75, 3.05) is 41.5 Å². The van der Waals surface area contributed by atoms with Gasteiger partial charge in [0.1, 0.15) is 17.2 Å². The lowest BCUT2D eigenvalue weighted by atomic mass is 10.1. The summed E-state index contributed by atoms with van der Waals surface area (Å²) in [7, 11) is 6.13. The fourth-order valence-electron chi connectivity index (χ4n) is 2.17. The summed E-state index contributed by atoms with van der Waals surface area (Å²) in [5, 5.41) is 5.59. The van der Waals surface area contributed by atoms with Crippen molar-refractivity contribution in [3.05, 3.63) is 17.7 Å². The number of alkyl halides is 3. The van der Waals surface area contributed by atoms with Crippen LogP contribution in [0.4, 0.5) is 13.2 Å². The summed E-state index contributed by atoms with van der Waals surface area (Å²) < 4.78 is 52.4. The molecule has 0 saturated heterocycles. The van der Waals surface area contributed by atoms with Gasteiger partial charge in [-0.15, -0.1) is 0 Å². The van der Waals surface area contributed by atoms with Gasteiger partial charge in [0.25, 0.3) is 0 Å². The van der Waals surface area contributed by atoms with Gasteiger partial charge in [-0.25, -0.2) is 0 Å². The molecule has 0 aliphatic heterocycles. The maximum absolute atomic E-state index is 12.2. The van der Waals surface area contributed by atoms with Gasteiger partial charge in [-0.05, 0) is 6.42 Å². The number of aliphatic imine (C=N–C) groups is 1. The molecule has 1 rings (SSSR count). The SMILES string of the molecule is CN=C(NCCc1c(OC)cc(OC)cc1OC)NCCC(F)(F)F. The first-order valence-corrected chi connectivity index (χ1v) is 7.64. The zero-order valence-electron chi connectivity index (χ0n) is 14.8. The van der Waals surface area contributed by atoms with E-state index in [0.717, 1.165) is 5.56 Å². The fourth-order valence-corrected chi connectivity index (χ4v) is 2.17. The van der Waals surface area contributed by atoms with E-state index in [1.807, 2.05) is 0 Å². The van der Waals surface area contributed by atoms with E-state index < -0.39 is 12.6 Å². The third kappa shape index (κ3) is 6.98. The highest BCUT2D eigenvalue weighted by Crippen LogP contribution is 2.34. The first-order valence-electron chi connectivity index (χ1n) is 7.64. The molecule has 9 heteroatoms. The minimum atomic E-state index is -4.20. The molecule has 25 heavy (non-hydrogen) atoms. The van der Waals surface area contributed by atoms with Gasteiger partial charge in [0, 0.05) is 37.8 Å². The van der Waals surface area contributed by atoms with Crippen LogP contribution < -0.4 is 24.8 Å². The molecule has 0 aliphatic rings. The molecule has 6 nitrogen and oxygen atoms in total. The first kappa shape index (κ1) is 20.7. The number of benzene rings is 1. The van der Waals surface area contributed by atoms with Gasteiger partial charge in [0.2, 0.25) is 0 Å². The number of nitrogens with zero attached hydrogens (tertiary/aromatic N) is 1. The second-order valence-electron chi connectivity index (χ2n) is 5.05. The third-order valence-corrected chi connectivity index (χ3v) is 3.41. The molecule has 2 N–H and O–H groups in total. The lowest BCUT2D eigenvalue weighted by molar-refractivity contribution is -0.132. The number of ether oxygens (including phenoxy) is 3. The summed E-state index contributed by atoms with van der Waals surface area (Å²) in [6.07, 6.45) is -4.60. The van der Waals surface area contributed by atoms with Crippen LogP contribution in [0.3, 0.4) is 0 Å². The Kier molecular flexibility index (Phi) is 8.17. The number of rotatable bonds is 8. The fraction of sp³-hybridized carbons (Fsp3) is 0.562. The molecule has 0 fully saturated rings. The van der Waals surface area contributed by atoms with Crippen molar-refractivity contribution in [3.8, 4) is 17.2 Å². The Bertz CT molecular complexity index is 552. The topological polar surface area (TPSA) is 64.1 Å². The van der Waals surface area contributed by atoms with Gasteiger partial charge in [0.05, 0.1) is 27.8 Å². The highest BCUT2D eigenvalue weighted by atomic mass is 19.4. The van der Waals surface area contributed by atoms with E-state index in [1.165, 1.54) is 7.05 Å². The molecule has 0 saturated carbocycles. The zero-order chi connectivity index (χ0) is 18.9. The highest BCUT2D eigenvalue weighted by Gasteiger charge is 2.26. The van der Waals surface area contributed by atoms with Crippen LogP contribution in [-0.2, 0) is 6.42 Å². The van der Waals surface area contributed by atoms with Crippen LogP contribution in [0.1, 0.15) is 12.0 Å². The molecule has 0 heterocycles. The lowest BCUT2D eigenvalue weighted by Gasteiger charge is -2.16. The predicted molar refractivity (Wildman–Crippen MR) is 89.8 cm³/mol. The van der Waals surface area contributed by atoms with E-state index in [4.69, 9.17) is 14.2 Å². The molecule has 0 spiro atoms. The molecule has 0 bridgehead atoms. The van der Waals surface area contributed by atoms with Gasteiger partial charge in [0.15, 0.2) is 5.96 Å². The minimum absolute atomic E-state index is 0.238. The molecule has 1 aromatic rings. The molecular weight excluding hydrogens is 339 g/mol. The Hall–Kier alpha value is -2.32. The minimum Gasteiger partial charge on any atom is -0.496 e. The summed E-state index contributed by atoms with van der Waals surface area (Å²) in [4.78, 5) is 3.90. The van der Waals surface area contributed by atoms with Crippen LogP contribution in [-0.4, -0.2) is 53.6 Å². The van der Waals surface area contributed by atoms with Gasteiger partial charge in [-0.1, -0.05) is 0 Å². The summed E-state index contributed by atoms with van der Waals surface area (Å²) in [6, 6.07) is 3.49. The summed E-state index contributed by atoms with van der Waals surface area (Å²) in [5.74, 6) is 2.13. The van der Waals surface area contributed by atoms with E-state index >= 15 is 0 Å². The molecular formula is C16H24F3N3O3. The van der Waals surface area contributed by atoms with Crippen molar-refractivity contribution in [3.63, 3.8) is 0 Å². The van der Waals surface area contributed by atoms with Crippen LogP contribution in [0.25, 0.3) is 0 Å². The van der Waals surface area contributed by atoms with Crippen molar-refractivity contribution in [2.24, 2.45) is 4.99 Å². The van der Waals surface area contributed by atoms with Gasteiger partial charge in [-0.3, -0.25) is 4.99 Å². The number of methoxy groups -OCH3 is 3. The normalized spacial score (nSPS) is 11.9. The van der Waals surface area contributed by atoms with Crippen molar-refractivity contribution in [2.45, 2.75) is 19.0 Å². The Morgan fingerprint density at radius 1 is 1.00 bits per heavy atom. The van der Waals surface area contributed by atoms with Gasteiger partial charge < -0.3 is 24.8 Å². The second-order valence-corrected chi connectivity index (χ2v) is 5.05. The van der Waals surface area contributed by atoms with Crippen LogP contribution in [0.5, 0.6) is 17.2 Å². The van der Waals surface area contributed by atoms with Crippen molar-refractivity contribution < 1.29 is 27.4 Å². The zero-order valence-corrected chi connectivity index (χ0v) is 14.8. The van der Waals surface area contributed by atoms with Gasteiger partial charge >= 0.3 is 6.18 Å². The van der Waals surface area contributed by atoms with E-state index in [0.29, 0.717) is 36.2 Å². The Morgan fingerprint density at radius 3 is 2.00 bits per heavy atom. The van der Waals surface area contributed by atoms with Crippen LogP contribution in [0, 0.1) is 0 Å². The summed E-state index contributed by atoms with van der Waals surface area (Å²) in [6.45, 7) is 0.198. The standard InChI is InChI=1S/C16H24F3N3O3/c1-20-15(22-8-6-16(17,18)19)21-7-5-12-13(24-3)9-11(23-2)10-14(12)25-4/h9-10H,5-8H2,1-4H3,(H2,20,21,22). The second kappa shape index (κ2) is 9.85. The quantitative estimate of drug-likeness (QED) is 0.548. The molecule has 0 amide bonds. The number of halogens is 3. The monoisotopic (exact) mass is 363 g/mol. The molecule has 0 radical (unpaired) electrons. The Morgan fingerprint density at radius 2 is 1.56 bits per heavy atom. The molecule has 142 valence electrons. The van der Waals surface area contributed by atoms with E-state index in [-0.39, 0.29) is 6.54 Å². The Balaban J connectivity index is 2.65. The number of guanidine groups is 1. The van der Waals surface area contributed by atoms with Crippen LogP contribution >= 0.6 is 0 Å². The average Bonchev–Trinajstić information content (AvgIpc) is 2.58. The van der Waals surface area contributed by atoms with Crippen molar-refractivity contribution in [1.29, 1.82) is 0 Å². The third-order valence-electron chi connectivity index (χ3n) is 3.41. The largest absolute Gasteiger partial charge is 0.496 e. The number of nitrogens with one attached hydrogen (secondary N) is 2. The molecule has 0 aliphatic carbocycles. The van der Waals surface area contributed by atoms with Crippen LogP contribution in [0.15, 0.2) is 17.1 Å². The summed E-state index contributed by atoms with van der Waals surface area (Å²) >= 11 is 0. The lowest BCUT2D eigenvalue weighted by Crippen LogP contribution is -2.39. The predicted octanol–water partition coefficient (Wildman–Crippen LogP) is 2.37. The average molecular weight is 363 g/mol. The summed E-state index contributed by atoms with van der Waals surface area (Å²) in [5.41, 5.74) is 0.823. The van der Waals surface area contributed by atoms with E-state index in [1.54, 1.807) is 33.5 Å². The molecule has 0 aromatic heterocycles. The molecule has 0 unspecified atom stereocenters. The first-order chi connectivity index (χ1) is 11.8. The Labute approximate surface area is 145 Å². The molecule has 1 aromatic carbocycles.